The molecule has 8 rings (SSSR count). The van der Waals surface area contributed by atoms with Crippen molar-refractivity contribution in [1.82, 2.24) is 20.9 Å². The highest BCUT2D eigenvalue weighted by Crippen LogP contribution is 2.43. The van der Waals surface area contributed by atoms with E-state index in [9.17, 15) is 113 Å². The van der Waals surface area contributed by atoms with E-state index in [-0.39, 0.29) is 33.9 Å². The molecule has 6 aliphatic rings. The molecule has 482 valence electrons. The summed E-state index contributed by atoms with van der Waals surface area (Å²) in [5.74, 6) is -9.02. The summed E-state index contributed by atoms with van der Waals surface area (Å²) < 4.78 is 81.0. The number of aromatic hydroxyl groups is 1. The van der Waals surface area contributed by atoms with Gasteiger partial charge in [-0.1, -0.05) is 6.07 Å². The number of fused-ring (bicyclic) bond motifs is 2. The van der Waals surface area contributed by atoms with Gasteiger partial charge in [-0.2, -0.15) is 13.1 Å². The number of nitrogens with one attached hydrogen (secondary N) is 5. The third-order valence-corrected chi connectivity index (χ3v) is 15.7. The first-order valence-corrected chi connectivity index (χ1v) is 28.6. The lowest BCUT2D eigenvalue weighted by Gasteiger charge is -2.50. The zero-order chi connectivity index (χ0) is 64.4. The van der Waals surface area contributed by atoms with Crippen LogP contribution in [-0.4, -0.2) is 262 Å². The second kappa shape index (κ2) is 28.0. The molecule has 4 saturated heterocycles. The van der Waals surface area contributed by atoms with Crippen molar-refractivity contribution >= 4 is 74.4 Å². The number of anilines is 1. The van der Waals surface area contributed by atoms with Crippen LogP contribution < -0.4 is 31.6 Å². The van der Waals surface area contributed by atoms with Gasteiger partial charge in [0.1, 0.15) is 103 Å². The Labute approximate surface area is 497 Å². The number of aliphatic hydroxyl groups is 9. The summed E-state index contributed by atoms with van der Waals surface area (Å²) >= 11 is 0.694. The quantitative estimate of drug-likeness (QED) is 0.0198. The Morgan fingerprint density at radius 3 is 1.84 bits per heavy atom. The number of aliphatic carboxylic acids is 2. The van der Waals surface area contributed by atoms with E-state index in [2.05, 4.69) is 21.5 Å². The minimum atomic E-state index is -5.41. The third kappa shape index (κ3) is 15.0. The Bertz CT molecular complexity index is 3380. The van der Waals surface area contributed by atoms with E-state index in [1.807, 2.05) is 0 Å². The molecular formula is C50H59N5O31S2. The lowest BCUT2D eigenvalue weighted by molar-refractivity contribution is -0.366. The van der Waals surface area contributed by atoms with Gasteiger partial charge in [0.2, 0.25) is 17.7 Å². The minimum absolute atomic E-state index is 0.00755. The maximum absolute atomic E-state index is 13.1. The molecule has 19 N–H and O–H groups in total. The highest BCUT2D eigenvalue weighted by molar-refractivity contribution is 8.00. The zero-order valence-electron chi connectivity index (χ0n) is 45.1. The standard InChI is InChI=1S/C50H59N5O31S2/c1-15(58)51-31-40(83-49-37(68)34(65)35(66)42(85-49)46(72)73)33(64)26(12-57)81-48(31)84-41-36(67)38(69)50(86-43(41)47(74)75)82-39-30(55-88(76,77)78)44(80-25(11-56)32(39)63)54-53-28(62)14-87-13-27(61)52-16-2-5-19(22(8-16)45(70)71)29-20-6-3-17(59)9-23(20)79-24-10-18(60)4-7-21(24)29/h2-10,25-26,30-44,48-50,54-57,59,63-69H,11-14H2,1H3,(H,51,58)(H,52,61)(H,53,62)(H,70,71)(H,72,73)(H,74,75)(H,76,77,78)/t25-,26-,30-,31-,32-,33-,34+,35+,36-,37-,38-,39-,40-,41+,42+,43-,44?,48+,49-,50-/m1/s1. The number of phenols is 1. The van der Waals surface area contributed by atoms with Crippen molar-refractivity contribution in [1.29, 1.82) is 0 Å². The van der Waals surface area contributed by atoms with Crippen LogP contribution in [0.15, 0.2) is 63.8 Å². The summed E-state index contributed by atoms with van der Waals surface area (Å²) in [4.78, 5) is 88.4. The predicted molar refractivity (Wildman–Crippen MR) is 287 cm³/mol. The molecule has 2 aromatic rings. The van der Waals surface area contributed by atoms with Crippen molar-refractivity contribution in [2.45, 2.75) is 130 Å². The van der Waals surface area contributed by atoms with E-state index in [1.54, 1.807) is 4.72 Å². The molecule has 3 amide bonds. The Morgan fingerprint density at radius 2 is 1.23 bits per heavy atom. The second-order valence-corrected chi connectivity index (χ2v) is 22.4. The van der Waals surface area contributed by atoms with E-state index in [4.69, 9.17) is 37.6 Å². The molecule has 20 atom stereocenters. The number of benzene rings is 3. The van der Waals surface area contributed by atoms with Gasteiger partial charge in [0.15, 0.2) is 36.5 Å². The van der Waals surface area contributed by atoms with Crippen molar-refractivity contribution in [3.63, 3.8) is 0 Å². The molecular weight excluding hydrogens is 1230 g/mol. The number of phenolic OH excluding ortho intramolecular Hbond substituents is 1. The molecule has 88 heavy (non-hydrogen) atoms. The van der Waals surface area contributed by atoms with E-state index in [1.165, 1.54) is 48.5 Å². The number of aromatic carboxylic acids is 1. The lowest BCUT2D eigenvalue weighted by Crippen LogP contribution is -2.72. The summed E-state index contributed by atoms with van der Waals surface area (Å²) in [6, 6.07) is 7.89. The van der Waals surface area contributed by atoms with E-state index < -0.39 is 199 Å². The minimum Gasteiger partial charge on any atom is -0.508 e. The summed E-state index contributed by atoms with van der Waals surface area (Å²) in [5, 5.41) is 143. The topological polar surface area (TPSA) is 575 Å². The number of hydrogen-bond donors (Lipinski definition) is 19. The fourth-order valence-electron chi connectivity index (χ4n) is 10.1. The van der Waals surface area contributed by atoms with Crippen molar-refractivity contribution in [3.8, 4) is 28.2 Å². The summed E-state index contributed by atoms with van der Waals surface area (Å²) in [6.07, 6.45) is -40.0. The fraction of sp³-hybridized carbons (Fsp3) is 0.500. The van der Waals surface area contributed by atoms with Crippen LogP contribution in [-0.2, 0) is 67.4 Å². The molecule has 0 radical (unpaired) electrons. The van der Waals surface area contributed by atoms with Crippen LogP contribution >= 0.6 is 11.8 Å². The number of ether oxygens (including phenoxy) is 7. The molecule has 36 nitrogen and oxygen atoms in total. The lowest BCUT2D eigenvalue weighted by atomic mass is 9.90. The van der Waals surface area contributed by atoms with Crippen molar-refractivity contribution in [3.05, 3.63) is 70.4 Å². The first-order chi connectivity index (χ1) is 41.5. The van der Waals surface area contributed by atoms with Gasteiger partial charge in [-0.05, 0) is 42.0 Å². The number of carboxylic acid groups (broad SMARTS) is 3. The van der Waals surface area contributed by atoms with Gasteiger partial charge < -0.3 is 115 Å². The maximum Gasteiger partial charge on any atom is 0.336 e. The Kier molecular flexibility index (Phi) is 21.4. The monoisotopic (exact) mass is 1290 g/mol. The number of amides is 3. The SMILES string of the molecule is CC(=O)N[C@H]1[C@H](O[C@H]2[C@H](O)[C@@H](O)[C@H](O[C@H]3[C@H](O)[C@@H](CO)OC(NNC(=O)CSCC(=O)Nc4ccc(-c5c6ccc(=O)cc-6oc6cc(O)ccc56)c(C(=O)O)c4)[C@@H]3NS(=O)(=O)O)O[C@H]2C(=O)O)O[C@H](CO)[C@@H](O)[C@@H]1O[C@@H]1O[C@H](C(=O)O)[C@@H](O)[C@H](O)[C@H]1O. The summed E-state index contributed by atoms with van der Waals surface area (Å²) in [5.41, 5.74) is 4.68. The smallest absolute Gasteiger partial charge is 0.336 e. The summed E-state index contributed by atoms with van der Waals surface area (Å²) in [7, 11) is -5.41. The first kappa shape index (κ1) is 67.2. The number of carbonyl (C=O) groups excluding carboxylic acids is 3. The molecule has 38 heteroatoms. The summed E-state index contributed by atoms with van der Waals surface area (Å²) in [6.45, 7) is -1.32. The van der Waals surface area contributed by atoms with Crippen LogP contribution in [0.2, 0.25) is 0 Å². The number of carbonyl (C=O) groups is 6. The molecule has 0 bridgehead atoms. The van der Waals surface area contributed by atoms with E-state index in [0.29, 0.717) is 28.3 Å². The van der Waals surface area contributed by atoms with Gasteiger partial charge in [0.25, 0.3) is 0 Å². The number of hydrazine groups is 1. The molecule has 1 unspecified atom stereocenters. The predicted octanol–water partition coefficient (Wildman–Crippen LogP) is -6.74. The maximum atomic E-state index is 13.1. The van der Waals surface area contributed by atoms with Crippen LogP contribution in [0.1, 0.15) is 17.3 Å². The van der Waals surface area contributed by atoms with Gasteiger partial charge in [-0.25, -0.2) is 19.8 Å². The molecule has 1 aliphatic carbocycles. The Balaban J connectivity index is 0.931. The first-order valence-electron chi connectivity index (χ1n) is 26.0. The van der Waals surface area contributed by atoms with Crippen LogP contribution in [0.25, 0.3) is 33.4 Å². The highest BCUT2D eigenvalue weighted by Gasteiger charge is 2.58. The average Bonchev–Trinajstić information content (AvgIpc) is 0.997. The number of carboxylic acids is 3. The Morgan fingerprint density at radius 1 is 0.636 bits per heavy atom. The number of hydrogen-bond acceptors (Lipinski definition) is 29. The van der Waals surface area contributed by atoms with Crippen LogP contribution in [0.4, 0.5) is 5.69 Å². The zero-order valence-corrected chi connectivity index (χ0v) is 46.7. The molecule has 4 fully saturated rings. The van der Waals surface area contributed by atoms with Crippen LogP contribution in [0.3, 0.4) is 0 Å². The molecule has 5 aliphatic heterocycles. The van der Waals surface area contributed by atoms with Gasteiger partial charge in [-0.15, -0.1) is 11.8 Å². The largest absolute Gasteiger partial charge is 0.508 e. The van der Waals surface area contributed by atoms with Crippen molar-refractivity contribution < 1.29 is 146 Å². The van der Waals surface area contributed by atoms with Gasteiger partial charge >= 0.3 is 28.2 Å². The second-order valence-electron chi connectivity index (χ2n) is 20.2. The molecule has 0 saturated carbocycles. The van der Waals surface area contributed by atoms with Gasteiger partial charge in [0, 0.05) is 41.3 Å². The molecule has 0 aromatic heterocycles. The van der Waals surface area contributed by atoms with E-state index >= 15 is 0 Å². The fourth-order valence-corrected chi connectivity index (χ4v) is 11.4. The highest BCUT2D eigenvalue weighted by atomic mass is 32.2. The van der Waals surface area contributed by atoms with Gasteiger partial charge in [-0.3, -0.25) is 29.2 Å². The Hall–Kier alpha value is -6.71. The third-order valence-electron chi connectivity index (χ3n) is 14.2. The average molecular weight is 1290 g/mol. The normalized spacial score (nSPS) is 32.7. The van der Waals surface area contributed by atoms with Crippen molar-refractivity contribution in [2.24, 2.45) is 0 Å². The van der Waals surface area contributed by atoms with Crippen molar-refractivity contribution in [2.75, 3.05) is 30.0 Å². The van der Waals surface area contributed by atoms with Crippen LogP contribution in [0, 0.1) is 0 Å². The van der Waals surface area contributed by atoms with E-state index in [0.717, 1.165) is 13.0 Å². The molecule has 5 heterocycles. The van der Waals surface area contributed by atoms with Crippen LogP contribution in [0.5, 0.6) is 5.75 Å². The molecule has 0 spiro atoms. The number of aliphatic hydroxyl groups excluding tert-OH is 9. The molecule has 2 aromatic carbocycles. The number of rotatable bonds is 22. The number of thioether (sulfide) groups is 1. The van der Waals surface area contributed by atoms with Gasteiger partial charge in [0.05, 0.1) is 36.3 Å².